The molecule has 0 radical (unpaired) electrons. The summed E-state index contributed by atoms with van der Waals surface area (Å²) in [7, 11) is 0. The number of nitrogens with zero attached hydrogens (tertiary/aromatic N) is 2. The molecule has 104 valence electrons. The number of hydrogen-bond acceptors (Lipinski definition) is 4. The Labute approximate surface area is 114 Å². The molecule has 1 aliphatic heterocycles. The first kappa shape index (κ1) is 13.8. The van der Waals surface area contributed by atoms with Crippen molar-refractivity contribution < 1.29 is 9.53 Å². The number of pyridine rings is 1. The van der Waals surface area contributed by atoms with E-state index in [1.54, 1.807) is 12.4 Å². The van der Waals surface area contributed by atoms with Gasteiger partial charge >= 0.3 is 0 Å². The van der Waals surface area contributed by atoms with E-state index in [2.05, 4.69) is 10.3 Å². The molecule has 1 aromatic heterocycles. The Hall–Kier alpha value is -1.62. The van der Waals surface area contributed by atoms with Crippen molar-refractivity contribution in [3.63, 3.8) is 0 Å². The zero-order valence-corrected chi connectivity index (χ0v) is 11.6. The normalized spacial score (nSPS) is 19.9. The van der Waals surface area contributed by atoms with E-state index in [0.717, 1.165) is 31.8 Å². The summed E-state index contributed by atoms with van der Waals surface area (Å²) in [6.45, 7) is 6.89. The van der Waals surface area contributed by atoms with Gasteiger partial charge in [0.15, 0.2) is 0 Å². The second-order valence-corrected chi connectivity index (χ2v) is 4.74. The molecule has 0 bridgehead atoms. The van der Waals surface area contributed by atoms with E-state index in [1.807, 2.05) is 24.8 Å². The SMILES string of the molecule is CCNc1ccncc1C(=O)N1CCCOC(C)C1. The minimum Gasteiger partial charge on any atom is -0.385 e. The topological polar surface area (TPSA) is 54.5 Å². The number of rotatable bonds is 3. The standard InChI is InChI=1S/C14H21N3O2/c1-3-16-13-5-6-15-9-12(13)14(18)17-7-4-8-19-11(2)10-17/h5-6,9,11H,3-4,7-8,10H2,1-2H3,(H,15,16). The summed E-state index contributed by atoms with van der Waals surface area (Å²) in [4.78, 5) is 18.5. The van der Waals surface area contributed by atoms with Crippen LogP contribution in [0.4, 0.5) is 5.69 Å². The van der Waals surface area contributed by atoms with Crippen LogP contribution in [-0.2, 0) is 4.74 Å². The molecule has 5 heteroatoms. The number of nitrogens with one attached hydrogen (secondary N) is 1. The summed E-state index contributed by atoms with van der Waals surface area (Å²) in [6.07, 6.45) is 4.30. The lowest BCUT2D eigenvalue weighted by atomic mass is 10.2. The van der Waals surface area contributed by atoms with Gasteiger partial charge in [0.25, 0.3) is 5.91 Å². The maximum Gasteiger partial charge on any atom is 0.257 e. The van der Waals surface area contributed by atoms with E-state index >= 15 is 0 Å². The monoisotopic (exact) mass is 263 g/mol. The third-order valence-electron chi connectivity index (χ3n) is 3.16. The van der Waals surface area contributed by atoms with E-state index < -0.39 is 0 Å². The van der Waals surface area contributed by atoms with Gasteiger partial charge in [0, 0.05) is 38.6 Å². The highest BCUT2D eigenvalue weighted by atomic mass is 16.5. The molecule has 1 aliphatic rings. The highest BCUT2D eigenvalue weighted by Gasteiger charge is 2.22. The predicted molar refractivity (Wildman–Crippen MR) is 74.3 cm³/mol. The Bertz CT molecular complexity index is 436. The number of ether oxygens (including phenoxy) is 1. The van der Waals surface area contributed by atoms with Gasteiger partial charge in [-0.3, -0.25) is 9.78 Å². The quantitative estimate of drug-likeness (QED) is 0.903. The van der Waals surface area contributed by atoms with Crippen LogP contribution in [0.15, 0.2) is 18.5 Å². The summed E-state index contributed by atoms with van der Waals surface area (Å²) in [5, 5.41) is 3.20. The van der Waals surface area contributed by atoms with Gasteiger partial charge in [-0.15, -0.1) is 0 Å². The molecule has 1 aromatic rings. The summed E-state index contributed by atoms with van der Waals surface area (Å²) in [6, 6.07) is 1.84. The minimum absolute atomic E-state index is 0.0291. The fraction of sp³-hybridized carbons (Fsp3) is 0.571. The van der Waals surface area contributed by atoms with Crippen LogP contribution in [0.2, 0.25) is 0 Å². The van der Waals surface area contributed by atoms with Gasteiger partial charge in [-0.2, -0.15) is 0 Å². The Balaban J connectivity index is 2.18. The van der Waals surface area contributed by atoms with Crippen molar-refractivity contribution in [2.24, 2.45) is 0 Å². The third-order valence-corrected chi connectivity index (χ3v) is 3.16. The van der Waals surface area contributed by atoms with E-state index in [1.165, 1.54) is 0 Å². The Morgan fingerprint density at radius 1 is 1.63 bits per heavy atom. The molecule has 1 fully saturated rings. The molecule has 1 unspecified atom stereocenters. The van der Waals surface area contributed by atoms with Gasteiger partial charge in [0.05, 0.1) is 17.4 Å². The maximum absolute atomic E-state index is 12.6. The molecule has 1 N–H and O–H groups in total. The lowest BCUT2D eigenvalue weighted by Crippen LogP contribution is -2.36. The van der Waals surface area contributed by atoms with Gasteiger partial charge in [-0.1, -0.05) is 0 Å². The van der Waals surface area contributed by atoms with Gasteiger partial charge in [0.1, 0.15) is 0 Å². The predicted octanol–water partition coefficient (Wildman–Crippen LogP) is 1.76. The van der Waals surface area contributed by atoms with Gasteiger partial charge in [-0.05, 0) is 26.3 Å². The van der Waals surface area contributed by atoms with Crippen molar-refractivity contribution in [3.8, 4) is 0 Å². The molecule has 5 nitrogen and oxygen atoms in total. The first-order chi connectivity index (χ1) is 9.22. The van der Waals surface area contributed by atoms with Crippen LogP contribution in [0.25, 0.3) is 0 Å². The minimum atomic E-state index is 0.0291. The van der Waals surface area contributed by atoms with Crippen LogP contribution < -0.4 is 5.32 Å². The van der Waals surface area contributed by atoms with Crippen LogP contribution in [0.3, 0.4) is 0 Å². The van der Waals surface area contributed by atoms with Gasteiger partial charge in [0.2, 0.25) is 0 Å². The van der Waals surface area contributed by atoms with E-state index in [4.69, 9.17) is 4.74 Å². The number of carbonyl (C=O) groups is 1. The zero-order valence-electron chi connectivity index (χ0n) is 11.6. The summed E-state index contributed by atoms with van der Waals surface area (Å²) in [5.41, 5.74) is 1.48. The number of anilines is 1. The van der Waals surface area contributed by atoms with E-state index in [9.17, 15) is 4.79 Å². The number of hydrogen-bond donors (Lipinski definition) is 1. The number of carbonyl (C=O) groups excluding carboxylic acids is 1. The number of amides is 1. The molecule has 0 aromatic carbocycles. The zero-order chi connectivity index (χ0) is 13.7. The first-order valence-electron chi connectivity index (χ1n) is 6.81. The Morgan fingerprint density at radius 3 is 3.26 bits per heavy atom. The second-order valence-electron chi connectivity index (χ2n) is 4.74. The molecule has 2 heterocycles. The third kappa shape index (κ3) is 3.44. The van der Waals surface area contributed by atoms with Crippen molar-refractivity contribution in [2.75, 3.05) is 31.6 Å². The second kappa shape index (κ2) is 6.52. The lowest BCUT2D eigenvalue weighted by molar-refractivity contribution is 0.0563. The fourth-order valence-electron chi connectivity index (χ4n) is 2.26. The van der Waals surface area contributed by atoms with Crippen molar-refractivity contribution in [1.29, 1.82) is 0 Å². The molecule has 0 saturated carbocycles. The first-order valence-corrected chi connectivity index (χ1v) is 6.81. The summed E-state index contributed by atoms with van der Waals surface area (Å²) >= 11 is 0. The molecule has 2 rings (SSSR count). The van der Waals surface area contributed by atoms with Crippen LogP contribution >= 0.6 is 0 Å². The van der Waals surface area contributed by atoms with Crippen LogP contribution in [0.1, 0.15) is 30.6 Å². The van der Waals surface area contributed by atoms with Crippen LogP contribution in [0.5, 0.6) is 0 Å². The lowest BCUT2D eigenvalue weighted by Gasteiger charge is -2.23. The molecule has 1 saturated heterocycles. The van der Waals surface area contributed by atoms with Crippen molar-refractivity contribution in [2.45, 2.75) is 26.4 Å². The average Bonchev–Trinajstić information content (AvgIpc) is 2.64. The summed E-state index contributed by atoms with van der Waals surface area (Å²) in [5.74, 6) is 0.0291. The molecular weight excluding hydrogens is 242 g/mol. The molecule has 0 spiro atoms. The Kier molecular flexibility index (Phi) is 4.74. The Morgan fingerprint density at radius 2 is 2.47 bits per heavy atom. The summed E-state index contributed by atoms with van der Waals surface area (Å²) < 4.78 is 5.57. The van der Waals surface area contributed by atoms with Crippen molar-refractivity contribution in [1.82, 2.24) is 9.88 Å². The molecule has 1 amide bonds. The van der Waals surface area contributed by atoms with Gasteiger partial charge in [-0.25, -0.2) is 0 Å². The molecular formula is C14H21N3O2. The molecule has 1 atom stereocenters. The van der Waals surface area contributed by atoms with E-state index in [0.29, 0.717) is 12.1 Å². The van der Waals surface area contributed by atoms with Crippen molar-refractivity contribution in [3.05, 3.63) is 24.0 Å². The highest BCUT2D eigenvalue weighted by molar-refractivity contribution is 5.99. The highest BCUT2D eigenvalue weighted by Crippen LogP contribution is 2.17. The molecule has 0 aliphatic carbocycles. The largest absolute Gasteiger partial charge is 0.385 e. The van der Waals surface area contributed by atoms with Crippen LogP contribution in [0, 0.1) is 0 Å². The molecule has 19 heavy (non-hydrogen) atoms. The smallest absolute Gasteiger partial charge is 0.257 e. The fourth-order valence-corrected chi connectivity index (χ4v) is 2.26. The van der Waals surface area contributed by atoms with Gasteiger partial charge < -0.3 is 15.0 Å². The van der Waals surface area contributed by atoms with Crippen LogP contribution in [-0.4, -0.2) is 48.1 Å². The van der Waals surface area contributed by atoms with Crippen molar-refractivity contribution >= 4 is 11.6 Å². The van der Waals surface area contributed by atoms with E-state index in [-0.39, 0.29) is 12.0 Å². The maximum atomic E-state index is 12.6. The average molecular weight is 263 g/mol. The number of aromatic nitrogens is 1.